The van der Waals surface area contributed by atoms with Crippen molar-refractivity contribution in [3.8, 4) is 12.0 Å². The molecular weight excluding hydrogens is 404 g/mol. The van der Waals surface area contributed by atoms with Crippen LogP contribution in [-0.4, -0.2) is 76.6 Å². The van der Waals surface area contributed by atoms with Crippen LogP contribution in [0.25, 0.3) is 11.2 Å². The van der Waals surface area contributed by atoms with Crippen molar-refractivity contribution >= 4 is 23.1 Å². The molecule has 0 saturated carbocycles. The number of anilines is 1. The summed E-state index contributed by atoms with van der Waals surface area (Å²) in [5, 5.41) is 0. The van der Waals surface area contributed by atoms with Crippen molar-refractivity contribution in [2.24, 2.45) is 5.92 Å². The van der Waals surface area contributed by atoms with Crippen LogP contribution in [-0.2, 0) is 16.0 Å². The quantitative estimate of drug-likeness (QED) is 0.649. The van der Waals surface area contributed by atoms with E-state index in [1.165, 1.54) is 0 Å². The van der Waals surface area contributed by atoms with Crippen molar-refractivity contribution < 1.29 is 23.7 Å². The number of carbonyl (C=O) groups is 1. The van der Waals surface area contributed by atoms with E-state index in [1.54, 1.807) is 19.1 Å². The number of likely N-dealkylation sites (tertiary alicyclic amines) is 1. The van der Waals surface area contributed by atoms with Gasteiger partial charge in [-0.15, -0.1) is 0 Å². The van der Waals surface area contributed by atoms with E-state index in [2.05, 4.69) is 15.0 Å². The number of ether oxygens (including phenoxy) is 4. The van der Waals surface area contributed by atoms with Gasteiger partial charge in [0.15, 0.2) is 17.0 Å². The molecule has 2 aromatic rings. The first-order chi connectivity index (χ1) is 14.7. The standard InChI is InChI=1S/C20H32N6O5/c1-20(2,3)31-19(27)25-8-6-13(7-9-25)12-26-16-14(22-18(26)29-5)15(21)23-17(24-16)30-11-10-28-4/h13H,6-12H2,1-5H3,(H2,21,23,24). The lowest BCUT2D eigenvalue weighted by atomic mass is 9.97. The van der Waals surface area contributed by atoms with Crippen molar-refractivity contribution in [2.45, 2.75) is 45.8 Å². The van der Waals surface area contributed by atoms with E-state index >= 15 is 0 Å². The molecule has 1 aliphatic rings. The van der Waals surface area contributed by atoms with Gasteiger partial charge in [0, 0.05) is 26.7 Å². The fraction of sp³-hybridized carbons (Fsp3) is 0.700. The summed E-state index contributed by atoms with van der Waals surface area (Å²) in [6.45, 7) is 8.25. The minimum atomic E-state index is -0.500. The molecule has 1 fully saturated rings. The lowest BCUT2D eigenvalue weighted by molar-refractivity contribution is 0.0177. The van der Waals surface area contributed by atoms with Crippen LogP contribution in [0.3, 0.4) is 0 Å². The largest absolute Gasteiger partial charge is 0.468 e. The fourth-order valence-corrected chi connectivity index (χ4v) is 3.47. The molecule has 11 heteroatoms. The predicted octanol–water partition coefficient (Wildman–Crippen LogP) is 2.09. The van der Waals surface area contributed by atoms with Gasteiger partial charge in [-0.05, 0) is 39.5 Å². The minimum Gasteiger partial charge on any atom is -0.468 e. The molecule has 0 aliphatic carbocycles. The summed E-state index contributed by atoms with van der Waals surface area (Å²) in [5.74, 6) is 0.549. The number of methoxy groups -OCH3 is 2. The van der Waals surface area contributed by atoms with E-state index in [4.69, 9.17) is 24.7 Å². The highest BCUT2D eigenvalue weighted by atomic mass is 16.6. The third-order valence-corrected chi connectivity index (χ3v) is 4.97. The third-order valence-electron chi connectivity index (χ3n) is 4.97. The van der Waals surface area contributed by atoms with E-state index in [9.17, 15) is 4.79 Å². The summed E-state index contributed by atoms with van der Waals surface area (Å²) >= 11 is 0. The van der Waals surface area contributed by atoms with Crippen LogP contribution in [0.2, 0.25) is 0 Å². The van der Waals surface area contributed by atoms with Gasteiger partial charge in [0.25, 0.3) is 6.01 Å². The number of rotatable bonds is 7. The summed E-state index contributed by atoms with van der Waals surface area (Å²) in [6, 6.07) is 0.588. The van der Waals surface area contributed by atoms with E-state index < -0.39 is 5.60 Å². The average Bonchev–Trinajstić information content (AvgIpc) is 3.05. The maximum atomic E-state index is 12.3. The van der Waals surface area contributed by atoms with Gasteiger partial charge in [0.05, 0.1) is 13.7 Å². The zero-order valence-electron chi connectivity index (χ0n) is 18.9. The Bertz CT molecular complexity index is 902. The van der Waals surface area contributed by atoms with Crippen molar-refractivity contribution in [3.63, 3.8) is 0 Å². The Kier molecular flexibility index (Phi) is 7.04. The Morgan fingerprint density at radius 2 is 1.84 bits per heavy atom. The maximum absolute atomic E-state index is 12.3. The molecule has 0 bridgehead atoms. The molecule has 1 saturated heterocycles. The molecule has 172 valence electrons. The molecule has 0 atom stereocenters. The predicted molar refractivity (Wildman–Crippen MR) is 114 cm³/mol. The highest BCUT2D eigenvalue weighted by molar-refractivity contribution is 5.83. The van der Waals surface area contributed by atoms with Crippen LogP contribution in [0, 0.1) is 5.92 Å². The second-order valence-corrected chi connectivity index (χ2v) is 8.52. The van der Waals surface area contributed by atoms with Crippen LogP contribution < -0.4 is 15.2 Å². The fourth-order valence-electron chi connectivity index (χ4n) is 3.47. The Morgan fingerprint density at radius 3 is 2.45 bits per heavy atom. The molecule has 11 nitrogen and oxygen atoms in total. The minimum absolute atomic E-state index is 0.172. The number of fused-ring (bicyclic) bond motifs is 1. The normalized spacial score (nSPS) is 15.3. The first-order valence-electron chi connectivity index (χ1n) is 10.4. The van der Waals surface area contributed by atoms with Crippen LogP contribution >= 0.6 is 0 Å². The van der Waals surface area contributed by atoms with Gasteiger partial charge in [-0.3, -0.25) is 4.57 Å². The summed E-state index contributed by atoms with van der Waals surface area (Å²) in [6.07, 6.45) is 1.40. The average molecular weight is 437 g/mol. The molecule has 3 heterocycles. The maximum Gasteiger partial charge on any atom is 0.410 e. The number of imidazole rings is 1. The van der Waals surface area contributed by atoms with Crippen molar-refractivity contribution in [1.29, 1.82) is 0 Å². The second-order valence-electron chi connectivity index (χ2n) is 8.52. The van der Waals surface area contributed by atoms with E-state index in [-0.39, 0.29) is 17.9 Å². The Morgan fingerprint density at radius 1 is 1.13 bits per heavy atom. The van der Waals surface area contributed by atoms with E-state index in [0.717, 1.165) is 12.8 Å². The van der Waals surface area contributed by atoms with Gasteiger partial charge in [-0.1, -0.05) is 0 Å². The zero-order chi connectivity index (χ0) is 22.6. The van der Waals surface area contributed by atoms with Crippen LogP contribution in [0.5, 0.6) is 12.0 Å². The molecule has 2 aromatic heterocycles. The van der Waals surface area contributed by atoms with Crippen molar-refractivity contribution in [3.05, 3.63) is 0 Å². The molecule has 3 rings (SSSR count). The molecule has 31 heavy (non-hydrogen) atoms. The molecule has 1 amide bonds. The lowest BCUT2D eigenvalue weighted by Crippen LogP contribution is -2.42. The van der Waals surface area contributed by atoms with E-state index in [0.29, 0.717) is 55.9 Å². The number of carbonyl (C=O) groups excluding carboxylic acids is 1. The lowest BCUT2D eigenvalue weighted by Gasteiger charge is -2.33. The van der Waals surface area contributed by atoms with Crippen LogP contribution in [0.1, 0.15) is 33.6 Å². The van der Waals surface area contributed by atoms with Crippen molar-refractivity contribution in [1.82, 2.24) is 24.4 Å². The number of piperidine rings is 1. The number of aromatic nitrogens is 4. The number of nitrogens with zero attached hydrogens (tertiary/aromatic N) is 5. The van der Waals surface area contributed by atoms with Gasteiger partial charge in [0.2, 0.25) is 0 Å². The first-order valence-corrected chi connectivity index (χ1v) is 10.4. The smallest absolute Gasteiger partial charge is 0.410 e. The summed E-state index contributed by atoms with van der Waals surface area (Å²) in [5.41, 5.74) is 6.62. The van der Waals surface area contributed by atoms with Gasteiger partial charge < -0.3 is 29.6 Å². The SMILES string of the molecule is COCCOc1nc(N)c2nc(OC)n(CC3CCN(C(=O)OC(C)(C)C)CC3)c2n1. The summed E-state index contributed by atoms with van der Waals surface area (Å²) < 4.78 is 23.4. The molecule has 0 unspecified atom stereocenters. The molecule has 0 aromatic carbocycles. The number of hydrogen-bond acceptors (Lipinski definition) is 9. The first kappa shape index (κ1) is 22.9. The Hall–Kier alpha value is -2.82. The summed E-state index contributed by atoms with van der Waals surface area (Å²) in [7, 11) is 3.15. The Balaban J connectivity index is 1.73. The number of hydrogen-bond donors (Lipinski definition) is 1. The number of nitrogen functional groups attached to an aromatic ring is 1. The van der Waals surface area contributed by atoms with Gasteiger partial charge in [-0.25, -0.2) is 4.79 Å². The zero-order valence-corrected chi connectivity index (χ0v) is 18.9. The van der Waals surface area contributed by atoms with Crippen molar-refractivity contribution in [2.75, 3.05) is 46.3 Å². The van der Waals surface area contributed by atoms with Gasteiger partial charge in [-0.2, -0.15) is 15.0 Å². The monoisotopic (exact) mass is 436 g/mol. The molecule has 1 aliphatic heterocycles. The third kappa shape index (κ3) is 5.66. The molecule has 0 spiro atoms. The molecule has 0 radical (unpaired) electrons. The second kappa shape index (κ2) is 9.54. The van der Waals surface area contributed by atoms with Crippen LogP contribution in [0.15, 0.2) is 0 Å². The van der Waals surface area contributed by atoms with Crippen LogP contribution in [0.4, 0.5) is 10.6 Å². The molecular formula is C20H32N6O5. The number of nitrogens with two attached hydrogens (primary N) is 1. The Labute approximate surface area is 181 Å². The number of amides is 1. The van der Waals surface area contributed by atoms with Gasteiger partial charge >= 0.3 is 12.1 Å². The van der Waals surface area contributed by atoms with Gasteiger partial charge in [0.1, 0.15) is 12.2 Å². The van der Waals surface area contributed by atoms with E-state index in [1.807, 2.05) is 25.3 Å². The molecule has 2 N–H and O–H groups in total. The highest BCUT2D eigenvalue weighted by Crippen LogP contribution is 2.29. The highest BCUT2D eigenvalue weighted by Gasteiger charge is 2.28. The summed E-state index contributed by atoms with van der Waals surface area (Å²) in [4.78, 5) is 27.2. The topological polar surface area (TPSA) is 127 Å².